The van der Waals surface area contributed by atoms with Gasteiger partial charge in [0.25, 0.3) is 0 Å². The van der Waals surface area contributed by atoms with E-state index in [2.05, 4.69) is 24.1 Å². The summed E-state index contributed by atoms with van der Waals surface area (Å²) in [6, 6.07) is 5.89. The van der Waals surface area contributed by atoms with Crippen LogP contribution in [0.5, 0.6) is 0 Å². The van der Waals surface area contributed by atoms with Gasteiger partial charge in [0.2, 0.25) is 5.91 Å². The first-order chi connectivity index (χ1) is 13.5. The highest BCUT2D eigenvalue weighted by Gasteiger charge is 2.19. The van der Waals surface area contributed by atoms with Crippen LogP contribution in [-0.4, -0.2) is 54.3 Å². The van der Waals surface area contributed by atoms with Crippen molar-refractivity contribution in [2.45, 2.75) is 38.5 Å². The average Bonchev–Trinajstić information content (AvgIpc) is 2.71. The number of rotatable bonds is 10. The van der Waals surface area contributed by atoms with E-state index in [4.69, 9.17) is 4.74 Å². The lowest BCUT2D eigenvalue weighted by molar-refractivity contribution is -0.129. The zero-order chi connectivity index (χ0) is 20.5. The van der Waals surface area contributed by atoms with Crippen molar-refractivity contribution in [3.63, 3.8) is 0 Å². The summed E-state index contributed by atoms with van der Waals surface area (Å²) in [7, 11) is 0. The van der Waals surface area contributed by atoms with Crippen LogP contribution in [0.2, 0.25) is 0 Å². The maximum absolute atomic E-state index is 12.7. The van der Waals surface area contributed by atoms with Crippen LogP contribution in [-0.2, 0) is 9.53 Å². The number of hydrogen-bond acceptors (Lipinski definition) is 6. The molecule has 1 heterocycles. The molecule has 0 bridgehead atoms. The molecule has 0 spiro atoms. The molecule has 0 unspecified atom stereocenters. The minimum absolute atomic E-state index is 0.0180. The van der Waals surface area contributed by atoms with Crippen molar-refractivity contribution in [2.75, 3.05) is 37.8 Å². The van der Waals surface area contributed by atoms with Crippen LogP contribution in [0, 0.1) is 0 Å². The van der Waals surface area contributed by atoms with Crippen molar-refractivity contribution in [1.82, 2.24) is 9.88 Å². The number of ether oxygens (including phenoxy) is 1. The Labute approximate surface area is 171 Å². The molecule has 6 nitrogen and oxygen atoms in total. The van der Waals surface area contributed by atoms with Crippen molar-refractivity contribution in [2.24, 2.45) is 0 Å². The predicted molar refractivity (Wildman–Crippen MR) is 115 cm³/mol. The van der Waals surface area contributed by atoms with Crippen LogP contribution in [0.15, 0.2) is 29.3 Å². The number of fused-ring (bicyclic) bond motifs is 1. The number of thioether (sulfide) groups is 1. The third-order valence-corrected chi connectivity index (χ3v) is 5.05. The molecule has 1 aromatic carbocycles. The van der Waals surface area contributed by atoms with E-state index >= 15 is 0 Å². The Morgan fingerprint density at radius 2 is 1.89 bits per heavy atom. The van der Waals surface area contributed by atoms with Gasteiger partial charge in [-0.3, -0.25) is 9.78 Å². The fourth-order valence-electron chi connectivity index (χ4n) is 3.03. The maximum atomic E-state index is 12.7. The third-order valence-electron chi connectivity index (χ3n) is 4.33. The summed E-state index contributed by atoms with van der Waals surface area (Å²) < 4.78 is 5.19. The van der Waals surface area contributed by atoms with E-state index in [0.717, 1.165) is 41.7 Å². The Morgan fingerprint density at radius 1 is 1.18 bits per heavy atom. The number of nitrogens with one attached hydrogen (secondary N) is 1. The van der Waals surface area contributed by atoms with Crippen molar-refractivity contribution in [1.29, 1.82) is 0 Å². The minimum atomic E-state index is -0.444. The summed E-state index contributed by atoms with van der Waals surface area (Å²) in [6.07, 6.45) is 5.33. The van der Waals surface area contributed by atoms with Crippen LogP contribution in [0.25, 0.3) is 10.9 Å². The van der Waals surface area contributed by atoms with E-state index in [9.17, 15) is 9.59 Å². The van der Waals surface area contributed by atoms with Gasteiger partial charge in [-0.25, -0.2) is 4.79 Å². The van der Waals surface area contributed by atoms with Crippen molar-refractivity contribution in [3.8, 4) is 0 Å². The highest BCUT2D eigenvalue weighted by molar-refractivity contribution is 7.98. The Hall–Kier alpha value is -2.28. The van der Waals surface area contributed by atoms with Gasteiger partial charge >= 0.3 is 5.97 Å². The molecule has 7 heteroatoms. The summed E-state index contributed by atoms with van der Waals surface area (Å²) in [6.45, 7) is 7.74. The quantitative estimate of drug-likeness (QED) is 0.474. The number of amides is 1. The van der Waals surface area contributed by atoms with Gasteiger partial charge in [-0.05, 0) is 44.2 Å². The Morgan fingerprint density at radius 3 is 2.50 bits per heavy atom. The molecule has 0 saturated carbocycles. The number of anilines is 1. The summed E-state index contributed by atoms with van der Waals surface area (Å²) in [5, 5.41) is 4.01. The van der Waals surface area contributed by atoms with Gasteiger partial charge in [0, 0.05) is 29.6 Å². The second-order valence-electron chi connectivity index (χ2n) is 6.38. The zero-order valence-electron chi connectivity index (χ0n) is 17.1. The predicted octanol–water partition coefficient (Wildman–Crippen LogP) is 4.19. The summed E-state index contributed by atoms with van der Waals surface area (Å²) in [5.41, 5.74) is 1.71. The molecule has 28 heavy (non-hydrogen) atoms. The molecule has 0 aliphatic rings. The van der Waals surface area contributed by atoms with Crippen LogP contribution in [0.3, 0.4) is 0 Å². The minimum Gasteiger partial charge on any atom is -0.462 e. The van der Waals surface area contributed by atoms with E-state index in [1.165, 1.54) is 6.20 Å². The van der Waals surface area contributed by atoms with Crippen molar-refractivity contribution >= 4 is 40.2 Å². The first-order valence-corrected chi connectivity index (χ1v) is 10.9. The highest BCUT2D eigenvalue weighted by Crippen LogP contribution is 2.30. The number of carbonyl (C=O) groups is 2. The van der Waals surface area contributed by atoms with Crippen molar-refractivity contribution < 1.29 is 14.3 Å². The fraction of sp³-hybridized carbons (Fsp3) is 0.476. The zero-order valence-corrected chi connectivity index (χ0v) is 17.9. The van der Waals surface area contributed by atoms with E-state index in [0.29, 0.717) is 11.3 Å². The van der Waals surface area contributed by atoms with Gasteiger partial charge < -0.3 is 15.0 Å². The molecular weight excluding hydrogens is 374 g/mol. The monoisotopic (exact) mass is 403 g/mol. The molecule has 1 N–H and O–H groups in total. The van der Waals surface area contributed by atoms with E-state index < -0.39 is 5.97 Å². The lowest BCUT2D eigenvalue weighted by Crippen LogP contribution is -2.36. The van der Waals surface area contributed by atoms with Crippen LogP contribution < -0.4 is 5.32 Å². The average molecular weight is 404 g/mol. The largest absolute Gasteiger partial charge is 0.462 e. The smallest absolute Gasteiger partial charge is 0.341 e. The molecule has 0 radical (unpaired) electrons. The summed E-state index contributed by atoms with van der Waals surface area (Å²) in [5.74, 6) is -0.426. The lowest BCUT2D eigenvalue weighted by Gasteiger charge is -2.22. The van der Waals surface area contributed by atoms with Gasteiger partial charge in [-0.15, -0.1) is 11.8 Å². The van der Waals surface area contributed by atoms with Crippen LogP contribution >= 0.6 is 11.8 Å². The topological polar surface area (TPSA) is 71.5 Å². The first-order valence-electron chi connectivity index (χ1n) is 9.71. The summed E-state index contributed by atoms with van der Waals surface area (Å²) in [4.78, 5) is 32.4. The van der Waals surface area contributed by atoms with Gasteiger partial charge in [-0.1, -0.05) is 13.8 Å². The van der Waals surface area contributed by atoms with Crippen molar-refractivity contribution in [3.05, 3.63) is 30.0 Å². The van der Waals surface area contributed by atoms with E-state index in [-0.39, 0.29) is 19.1 Å². The molecule has 1 amide bonds. The Kier molecular flexibility index (Phi) is 8.57. The molecular formula is C21H29N3O3S. The molecule has 152 valence electrons. The number of nitrogens with zero attached hydrogens (tertiary/aromatic N) is 2. The number of pyridine rings is 1. The number of carbonyl (C=O) groups excluding carboxylic acids is 2. The second-order valence-corrected chi connectivity index (χ2v) is 7.26. The molecule has 0 saturated heterocycles. The summed E-state index contributed by atoms with van der Waals surface area (Å²) >= 11 is 1.61. The molecule has 1 aromatic heterocycles. The molecule has 0 aliphatic heterocycles. The standard InChI is InChI=1S/C21H29N3O3S/c1-5-10-24(11-6-2)19(25)14-23-20-16-12-15(28-4)8-9-18(16)22-13-17(20)21(26)27-7-3/h8-9,12-13H,5-7,10-11,14H2,1-4H3,(H,22,23). The van der Waals surface area contributed by atoms with Gasteiger partial charge in [0.15, 0.2) is 0 Å². The SMILES string of the molecule is CCCN(CCC)C(=O)CNc1c(C(=O)OCC)cnc2ccc(SC)cc12. The maximum Gasteiger partial charge on any atom is 0.341 e. The van der Waals surface area contributed by atoms with Gasteiger partial charge in [0.05, 0.1) is 24.4 Å². The van der Waals surface area contributed by atoms with Crippen LogP contribution in [0.4, 0.5) is 5.69 Å². The first kappa shape index (κ1) is 22.0. The molecule has 0 atom stereocenters. The third kappa shape index (κ3) is 5.38. The Bertz CT molecular complexity index is 820. The molecule has 2 rings (SSSR count). The number of hydrogen-bond donors (Lipinski definition) is 1. The van der Waals surface area contributed by atoms with E-state index in [1.54, 1.807) is 18.7 Å². The fourth-order valence-corrected chi connectivity index (χ4v) is 3.47. The number of aromatic nitrogens is 1. The second kappa shape index (κ2) is 10.9. The Balaban J connectivity index is 2.39. The number of benzene rings is 1. The normalized spacial score (nSPS) is 10.7. The molecule has 0 aliphatic carbocycles. The lowest BCUT2D eigenvalue weighted by atomic mass is 10.1. The van der Waals surface area contributed by atoms with E-state index in [1.807, 2.05) is 29.4 Å². The molecule has 0 fully saturated rings. The molecule has 2 aromatic rings. The van der Waals surface area contributed by atoms with Crippen LogP contribution in [0.1, 0.15) is 44.0 Å². The van der Waals surface area contributed by atoms with Gasteiger partial charge in [0.1, 0.15) is 5.56 Å². The highest BCUT2D eigenvalue weighted by atomic mass is 32.2. The number of esters is 1. The van der Waals surface area contributed by atoms with Gasteiger partial charge in [-0.2, -0.15) is 0 Å².